The molecule has 4 nitrogen and oxygen atoms in total. The van der Waals surface area contributed by atoms with Crippen molar-refractivity contribution in [3.63, 3.8) is 0 Å². The molecule has 18 heavy (non-hydrogen) atoms. The minimum Gasteiger partial charge on any atom is -0.444 e. The summed E-state index contributed by atoms with van der Waals surface area (Å²) in [6.07, 6.45) is 1.37. The second-order valence-electron chi connectivity index (χ2n) is 4.99. The highest BCUT2D eigenvalue weighted by Crippen LogP contribution is 2.29. The number of H-pyrrole nitrogens is 1. The summed E-state index contributed by atoms with van der Waals surface area (Å²) in [5, 5.41) is 3.76. The first kappa shape index (κ1) is 13.0. The predicted molar refractivity (Wildman–Crippen MR) is 75.9 cm³/mol. The number of nitrogens with one attached hydrogen (secondary N) is 2. The third-order valence-corrected chi connectivity index (χ3v) is 3.00. The van der Waals surface area contributed by atoms with Gasteiger partial charge in [0.1, 0.15) is 5.60 Å². The molecule has 0 atom stereocenters. The third-order valence-electron chi connectivity index (χ3n) is 2.31. The van der Waals surface area contributed by atoms with E-state index < -0.39 is 11.7 Å². The van der Waals surface area contributed by atoms with Gasteiger partial charge in [0, 0.05) is 16.1 Å². The van der Waals surface area contributed by atoms with Gasteiger partial charge in [-0.15, -0.1) is 0 Å². The molecule has 0 saturated heterocycles. The number of anilines is 1. The van der Waals surface area contributed by atoms with Gasteiger partial charge in [0.15, 0.2) is 0 Å². The van der Waals surface area contributed by atoms with Crippen LogP contribution in [0.25, 0.3) is 10.9 Å². The average molecular weight is 311 g/mol. The Hall–Kier alpha value is -1.49. The van der Waals surface area contributed by atoms with Gasteiger partial charge in [-0.25, -0.2) is 4.79 Å². The summed E-state index contributed by atoms with van der Waals surface area (Å²) in [5.74, 6) is 0. The number of fused-ring (bicyclic) bond motifs is 1. The molecule has 0 fully saturated rings. The van der Waals surface area contributed by atoms with Gasteiger partial charge < -0.3 is 9.72 Å². The lowest BCUT2D eigenvalue weighted by molar-refractivity contribution is 0.0636. The van der Waals surface area contributed by atoms with E-state index in [1.807, 2.05) is 45.2 Å². The van der Waals surface area contributed by atoms with Gasteiger partial charge in [0.25, 0.3) is 0 Å². The van der Waals surface area contributed by atoms with Crippen molar-refractivity contribution in [2.75, 3.05) is 5.32 Å². The van der Waals surface area contributed by atoms with Gasteiger partial charge in [-0.3, -0.25) is 5.32 Å². The maximum Gasteiger partial charge on any atom is 0.412 e. The molecule has 0 aliphatic carbocycles. The van der Waals surface area contributed by atoms with E-state index >= 15 is 0 Å². The molecule has 0 spiro atoms. The first-order valence-electron chi connectivity index (χ1n) is 5.62. The Morgan fingerprint density at radius 2 is 2.06 bits per heavy atom. The number of rotatable bonds is 1. The van der Waals surface area contributed by atoms with Crippen LogP contribution in [0.2, 0.25) is 0 Å². The highest BCUT2D eigenvalue weighted by molar-refractivity contribution is 9.10. The maximum absolute atomic E-state index is 11.7. The van der Waals surface area contributed by atoms with Crippen molar-refractivity contribution in [2.45, 2.75) is 26.4 Å². The Kier molecular flexibility index (Phi) is 3.34. The molecule has 1 amide bonds. The fourth-order valence-corrected chi connectivity index (χ4v) is 2.10. The number of hydrogen-bond acceptors (Lipinski definition) is 2. The van der Waals surface area contributed by atoms with Crippen LogP contribution in [0.1, 0.15) is 20.8 Å². The van der Waals surface area contributed by atoms with Crippen LogP contribution in [-0.2, 0) is 4.74 Å². The van der Waals surface area contributed by atoms with E-state index in [9.17, 15) is 4.79 Å². The number of hydrogen-bond donors (Lipinski definition) is 2. The lowest BCUT2D eigenvalue weighted by Gasteiger charge is -2.19. The molecular formula is C13H15BrN2O2. The molecule has 0 bridgehead atoms. The second-order valence-corrected chi connectivity index (χ2v) is 5.84. The van der Waals surface area contributed by atoms with Crippen molar-refractivity contribution in [3.8, 4) is 0 Å². The molecule has 2 aromatic rings. The van der Waals surface area contributed by atoms with Gasteiger partial charge in [-0.05, 0) is 39.0 Å². The van der Waals surface area contributed by atoms with E-state index in [1.54, 1.807) is 0 Å². The molecule has 1 heterocycles. The maximum atomic E-state index is 11.7. The molecule has 96 valence electrons. The molecule has 1 aromatic heterocycles. The molecule has 2 rings (SSSR count). The van der Waals surface area contributed by atoms with E-state index in [0.29, 0.717) is 5.69 Å². The van der Waals surface area contributed by atoms with E-state index in [0.717, 1.165) is 15.4 Å². The Morgan fingerprint density at radius 1 is 1.33 bits per heavy atom. The lowest BCUT2D eigenvalue weighted by atomic mass is 10.2. The number of amides is 1. The Balaban J connectivity index is 2.25. The number of carbonyl (C=O) groups is 1. The number of halogens is 1. The van der Waals surface area contributed by atoms with Crippen LogP contribution < -0.4 is 5.32 Å². The van der Waals surface area contributed by atoms with E-state index in [2.05, 4.69) is 26.2 Å². The number of benzene rings is 1. The first-order valence-corrected chi connectivity index (χ1v) is 6.42. The number of ether oxygens (including phenoxy) is 1. The van der Waals surface area contributed by atoms with Crippen LogP contribution in [0.4, 0.5) is 10.5 Å². The summed E-state index contributed by atoms with van der Waals surface area (Å²) in [6, 6.07) is 5.66. The molecule has 5 heteroatoms. The van der Waals surface area contributed by atoms with E-state index in [1.165, 1.54) is 0 Å². The summed E-state index contributed by atoms with van der Waals surface area (Å²) in [5.41, 5.74) is 1.07. The van der Waals surface area contributed by atoms with Crippen LogP contribution in [0.3, 0.4) is 0 Å². The molecule has 0 aliphatic heterocycles. The zero-order valence-electron chi connectivity index (χ0n) is 10.5. The van der Waals surface area contributed by atoms with Gasteiger partial charge in [-0.1, -0.05) is 15.9 Å². The van der Waals surface area contributed by atoms with Crippen molar-refractivity contribution in [2.24, 2.45) is 0 Å². The first-order chi connectivity index (χ1) is 8.37. The van der Waals surface area contributed by atoms with Crippen molar-refractivity contribution in [3.05, 3.63) is 28.9 Å². The molecule has 0 radical (unpaired) electrons. The molecule has 0 unspecified atom stereocenters. The van der Waals surface area contributed by atoms with Crippen molar-refractivity contribution in [1.82, 2.24) is 4.98 Å². The fraction of sp³-hybridized carbons (Fsp3) is 0.308. The second kappa shape index (κ2) is 4.65. The minimum atomic E-state index is -0.506. The van der Waals surface area contributed by atoms with Crippen LogP contribution in [0, 0.1) is 0 Å². The predicted octanol–water partition coefficient (Wildman–Crippen LogP) is 4.28. The minimum absolute atomic E-state index is 0.458. The molecule has 2 N–H and O–H groups in total. The van der Waals surface area contributed by atoms with Crippen molar-refractivity contribution < 1.29 is 9.53 Å². The smallest absolute Gasteiger partial charge is 0.412 e. The van der Waals surface area contributed by atoms with Gasteiger partial charge in [0.05, 0.1) is 11.2 Å². The molecule has 0 aliphatic rings. The molecular weight excluding hydrogens is 296 g/mol. The summed E-state index contributed by atoms with van der Waals surface area (Å²) >= 11 is 3.46. The van der Waals surface area contributed by atoms with Crippen LogP contribution in [0.5, 0.6) is 0 Å². The Labute approximate surface area is 114 Å². The average Bonchev–Trinajstić information content (AvgIpc) is 2.69. The zero-order valence-corrected chi connectivity index (χ0v) is 12.1. The summed E-state index contributed by atoms with van der Waals surface area (Å²) in [4.78, 5) is 14.8. The van der Waals surface area contributed by atoms with Gasteiger partial charge >= 0.3 is 6.09 Å². The number of aromatic nitrogens is 1. The number of aromatic amines is 1. The van der Waals surface area contributed by atoms with Crippen molar-refractivity contribution in [1.29, 1.82) is 0 Å². The monoisotopic (exact) mass is 310 g/mol. The Morgan fingerprint density at radius 3 is 2.72 bits per heavy atom. The van der Waals surface area contributed by atoms with E-state index in [-0.39, 0.29) is 0 Å². The number of carbonyl (C=O) groups excluding carboxylic acids is 1. The lowest BCUT2D eigenvalue weighted by Crippen LogP contribution is -2.27. The summed E-state index contributed by atoms with van der Waals surface area (Å²) < 4.78 is 6.20. The van der Waals surface area contributed by atoms with Gasteiger partial charge in [-0.2, -0.15) is 0 Å². The molecule has 1 aromatic carbocycles. The standard InChI is InChI=1S/C13H15BrN2O2/c1-13(2,3)18-12(17)16-10-5-4-9(14)8-6-7-15-11(8)10/h4-7,15H,1-3H3,(H,16,17). The fourth-order valence-electron chi connectivity index (χ4n) is 1.64. The summed E-state index contributed by atoms with van der Waals surface area (Å²) in [7, 11) is 0. The van der Waals surface area contributed by atoms with Crippen LogP contribution in [-0.4, -0.2) is 16.7 Å². The summed E-state index contributed by atoms with van der Waals surface area (Å²) in [6.45, 7) is 5.50. The third kappa shape index (κ3) is 2.85. The Bertz CT molecular complexity index is 584. The largest absolute Gasteiger partial charge is 0.444 e. The van der Waals surface area contributed by atoms with Gasteiger partial charge in [0.2, 0.25) is 0 Å². The topological polar surface area (TPSA) is 54.1 Å². The van der Waals surface area contributed by atoms with Crippen LogP contribution in [0.15, 0.2) is 28.9 Å². The van der Waals surface area contributed by atoms with Crippen molar-refractivity contribution >= 4 is 38.6 Å². The van der Waals surface area contributed by atoms with E-state index in [4.69, 9.17) is 4.74 Å². The zero-order chi connectivity index (χ0) is 13.3. The SMILES string of the molecule is CC(C)(C)OC(=O)Nc1ccc(Br)c2cc[nH]c12. The highest BCUT2D eigenvalue weighted by atomic mass is 79.9. The normalized spacial score (nSPS) is 11.6. The quantitative estimate of drug-likeness (QED) is 0.826. The molecule has 0 saturated carbocycles. The highest BCUT2D eigenvalue weighted by Gasteiger charge is 2.17. The van der Waals surface area contributed by atoms with Crippen LogP contribution >= 0.6 is 15.9 Å².